The number of para-hydroxylation sites is 1. The molecule has 3 rings (SSSR count). The van der Waals surface area contributed by atoms with Gasteiger partial charge in [0.1, 0.15) is 18.0 Å². The molecular formula is C13H15N5. The predicted octanol–water partition coefficient (Wildman–Crippen LogP) is 2.09. The Kier molecular flexibility index (Phi) is 2.80. The molecule has 0 aliphatic heterocycles. The highest BCUT2D eigenvalue weighted by Gasteiger charge is 2.06. The van der Waals surface area contributed by atoms with Gasteiger partial charge >= 0.3 is 0 Å². The summed E-state index contributed by atoms with van der Waals surface area (Å²) < 4.78 is 4.01. The molecule has 18 heavy (non-hydrogen) atoms. The van der Waals surface area contributed by atoms with E-state index in [1.165, 1.54) is 0 Å². The van der Waals surface area contributed by atoms with Gasteiger partial charge in [0.2, 0.25) is 0 Å². The third kappa shape index (κ3) is 1.88. The summed E-state index contributed by atoms with van der Waals surface area (Å²) in [4.78, 5) is 4.37. The van der Waals surface area contributed by atoms with E-state index in [-0.39, 0.29) is 0 Å². The lowest BCUT2D eigenvalue weighted by Crippen LogP contribution is -2.11. The smallest absolute Gasteiger partial charge is 0.119 e. The van der Waals surface area contributed by atoms with E-state index in [9.17, 15) is 0 Å². The molecule has 5 heteroatoms. The molecule has 2 aromatic heterocycles. The fraction of sp³-hybridized carbons (Fsp3) is 0.308. The number of fused-ring (bicyclic) bond motifs is 1. The van der Waals surface area contributed by atoms with Crippen LogP contribution in [0.4, 0.5) is 0 Å². The topological polar surface area (TPSA) is 48.5 Å². The second-order valence-electron chi connectivity index (χ2n) is 4.28. The molecule has 5 nitrogen and oxygen atoms in total. The summed E-state index contributed by atoms with van der Waals surface area (Å²) in [5, 5.41) is 8.34. The number of aromatic nitrogens is 5. The molecule has 0 N–H and O–H groups in total. The largest absolute Gasteiger partial charge is 0.315 e. The lowest BCUT2D eigenvalue weighted by Gasteiger charge is -2.07. The first-order valence-corrected chi connectivity index (χ1v) is 6.16. The van der Waals surface area contributed by atoms with Gasteiger partial charge in [-0.2, -0.15) is 0 Å². The van der Waals surface area contributed by atoms with Gasteiger partial charge in [-0.05, 0) is 18.6 Å². The van der Waals surface area contributed by atoms with Gasteiger partial charge in [-0.25, -0.2) is 9.67 Å². The van der Waals surface area contributed by atoms with Crippen molar-refractivity contribution in [3.05, 3.63) is 42.5 Å². The molecule has 0 aliphatic rings. The molecule has 0 saturated heterocycles. The SMILES string of the molecule is CCCc1nccn1Cn1nnc2ccccc21. The van der Waals surface area contributed by atoms with Crippen LogP contribution in [0.2, 0.25) is 0 Å². The van der Waals surface area contributed by atoms with Gasteiger partial charge in [0, 0.05) is 18.8 Å². The van der Waals surface area contributed by atoms with Crippen molar-refractivity contribution in [1.82, 2.24) is 24.5 Å². The first-order valence-electron chi connectivity index (χ1n) is 6.16. The second kappa shape index (κ2) is 4.60. The van der Waals surface area contributed by atoms with Crippen LogP contribution in [0.1, 0.15) is 19.2 Å². The monoisotopic (exact) mass is 241 g/mol. The summed E-state index contributed by atoms with van der Waals surface area (Å²) in [5.74, 6) is 1.09. The normalized spacial score (nSPS) is 11.2. The first kappa shape index (κ1) is 11.0. The highest BCUT2D eigenvalue weighted by atomic mass is 15.5. The molecule has 0 amide bonds. The Bertz CT molecular complexity index is 652. The Balaban J connectivity index is 1.94. The van der Waals surface area contributed by atoms with Crippen LogP contribution < -0.4 is 0 Å². The fourth-order valence-corrected chi connectivity index (χ4v) is 2.09. The highest BCUT2D eigenvalue weighted by molar-refractivity contribution is 5.73. The standard InChI is InChI=1S/C13H15N5/c1-2-5-13-14-8-9-17(13)10-18-12-7-4-3-6-11(12)15-16-18/h3-4,6-9H,2,5,10H2,1H3. The Morgan fingerprint density at radius 2 is 2.11 bits per heavy atom. The van der Waals surface area contributed by atoms with Crippen molar-refractivity contribution in [3.8, 4) is 0 Å². The maximum Gasteiger partial charge on any atom is 0.119 e. The van der Waals surface area contributed by atoms with Crippen LogP contribution in [0.15, 0.2) is 36.7 Å². The molecule has 1 aromatic carbocycles. The van der Waals surface area contributed by atoms with E-state index in [0.717, 1.165) is 29.7 Å². The second-order valence-corrected chi connectivity index (χ2v) is 4.28. The van der Waals surface area contributed by atoms with Crippen LogP contribution in [0.25, 0.3) is 11.0 Å². The number of rotatable bonds is 4. The zero-order chi connectivity index (χ0) is 12.4. The Morgan fingerprint density at radius 1 is 1.22 bits per heavy atom. The van der Waals surface area contributed by atoms with Crippen LogP contribution in [-0.4, -0.2) is 24.5 Å². The quantitative estimate of drug-likeness (QED) is 0.702. The maximum absolute atomic E-state index is 4.37. The molecule has 0 radical (unpaired) electrons. The summed E-state index contributed by atoms with van der Waals surface area (Å²) in [6, 6.07) is 7.98. The number of nitrogens with zero attached hydrogens (tertiary/aromatic N) is 5. The molecule has 0 bridgehead atoms. The van der Waals surface area contributed by atoms with Crippen LogP contribution in [-0.2, 0) is 13.1 Å². The molecular weight excluding hydrogens is 226 g/mol. The van der Waals surface area contributed by atoms with Crippen LogP contribution in [0.5, 0.6) is 0 Å². The lowest BCUT2D eigenvalue weighted by atomic mass is 10.3. The third-order valence-corrected chi connectivity index (χ3v) is 2.98. The van der Waals surface area contributed by atoms with Gasteiger partial charge in [-0.15, -0.1) is 5.10 Å². The maximum atomic E-state index is 4.37. The van der Waals surface area contributed by atoms with Gasteiger partial charge in [0.15, 0.2) is 0 Å². The molecule has 0 unspecified atom stereocenters. The van der Waals surface area contributed by atoms with Crippen molar-refractivity contribution in [1.29, 1.82) is 0 Å². The summed E-state index contributed by atoms with van der Waals surface area (Å²) >= 11 is 0. The molecule has 0 aliphatic carbocycles. The van der Waals surface area contributed by atoms with Crippen molar-refractivity contribution in [3.63, 3.8) is 0 Å². The molecule has 0 fully saturated rings. The number of aryl methyl sites for hydroxylation is 1. The van der Waals surface area contributed by atoms with Crippen molar-refractivity contribution in [2.45, 2.75) is 26.4 Å². The van der Waals surface area contributed by atoms with E-state index in [1.54, 1.807) is 0 Å². The van der Waals surface area contributed by atoms with Crippen LogP contribution >= 0.6 is 0 Å². The number of hydrogen-bond acceptors (Lipinski definition) is 3. The minimum atomic E-state index is 0.663. The zero-order valence-corrected chi connectivity index (χ0v) is 10.3. The summed E-state index contributed by atoms with van der Waals surface area (Å²) in [6.45, 7) is 2.82. The van der Waals surface area contributed by atoms with Gasteiger partial charge < -0.3 is 4.57 Å². The highest BCUT2D eigenvalue weighted by Crippen LogP contribution is 2.10. The predicted molar refractivity (Wildman–Crippen MR) is 69.1 cm³/mol. The molecule has 0 atom stereocenters. The summed E-state index contributed by atoms with van der Waals surface area (Å²) in [7, 11) is 0. The van der Waals surface area contributed by atoms with E-state index in [1.807, 2.05) is 41.3 Å². The van der Waals surface area contributed by atoms with Crippen LogP contribution in [0, 0.1) is 0 Å². The molecule has 3 aromatic rings. The number of benzene rings is 1. The Hall–Kier alpha value is -2.17. The molecule has 0 spiro atoms. The summed E-state index contributed by atoms with van der Waals surface area (Å²) in [6.07, 6.45) is 5.90. The number of imidazole rings is 1. The van der Waals surface area contributed by atoms with E-state index < -0.39 is 0 Å². The number of hydrogen-bond donors (Lipinski definition) is 0. The minimum absolute atomic E-state index is 0.663. The molecule has 92 valence electrons. The van der Waals surface area contributed by atoms with E-state index in [4.69, 9.17) is 0 Å². The fourth-order valence-electron chi connectivity index (χ4n) is 2.09. The molecule has 0 saturated carbocycles. The van der Waals surface area contributed by atoms with Gasteiger partial charge in [0.25, 0.3) is 0 Å². The van der Waals surface area contributed by atoms with E-state index in [0.29, 0.717) is 6.67 Å². The van der Waals surface area contributed by atoms with E-state index in [2.05, 4.69) is 26.8 Å². The summed E-state index contributed by atoms with van der Waals surface area (Å²) in [5.41, 5.74) is 1.98. The Morgan fingerprint density at radius 3 is 3.00 bits per heavy atom. The Labute approximate surface area is 105 Å². The van der Waals surface area contributed by atoms with Crippen molar-refractivity contribution < 1.29 is 0 Å². The van der Waals surface area contributed by atoms with Crippen molar-refractivity contribution >= 4 is 11.0 Å². The zero-order valence-electron chi connectivity index (χ0n) is 10.3. The van der Waals surface area contributed by atoms with Gasteiger partial charge in [-0.1, -0.05) is 24.3 Å². The molecule has 2 heterocycles. The van der Waals surface area contributed by atoms with Crippen molar-refractivity contribution in [2.24, 2.45) is 0 Å². The van der Waals surface area contributed by atoms with Gasteiger partial charge in [-0.3, -0.25) is 0 Å². The lowest BCUT2D eigenvalue weighted by molar-refractivity contribution is 0.525. The van der Waals surface area contributed by atoms with Gasteiger partial charge in [0.05, 0.1) is 5.52 Å². The average molecular weight is 241 g/mol. The third-order valence-electron chi connectivity index (χ3n) is 2.98. The average Bonchev–Trinajstić information content (AvgIpc) is 2.99. The first-order chi connectivity index (χ1) is 8.88. The van der Waals surface area contributed by atoms with Crippen molar-refractivity contribution in [2.75, 3.05) is 0 Å². The van der Waals surface area contributed by atoms with Crippen LogP contribution in [0.3, 0.4) is 0 Å². The van der Waals surface area contributed by atoms with E-state index >= 15 is 0 Å². The minimum Gasteiger partial charge on any atom is -0.315 e.